The van der Waals surface area contributed by atoms with Gasteiger partial charge in [0.05, 0.1) is 0 Å². The number of ether oxygens (including phenoxy) is 1. The lowest BCUT2D eigenvalue weighted by atomic mass is 10.00. The van der Waals surface area contributed by atoms with E-state index >= 15 is 0 Å². The predicted molar refractivity (Wildman–Crippen MR) is 102 cm³/mol. The molecule has 2 aromatic rings. The molecule has 0 radical (unpaired) electrons. The van der Waals surface area contributed by atoms with Crippen LogP contribution in [0.15, 0.2) is 47.5 Å². The van der Waals surface area contributed by atoms with Crippen LogP contribution in [0.1, 0.15) is 30.9 Å². The molecule has 130 valence electrons. The molecule has 4 heteroatoms. The van der Waals surface area contributed by atoms with Crippen LogP contribution in [-0.4, -0.2) is 25.2 Å². The Bertz CT molecular complexity index is 778. The van der Waals surface area contributed by atoms with Crippen molar-refractivity contribution in [1.82, 2.24) is 10.6 Å². The van der Waals surface area contributed by atoms with Gasteiger partial charge in [0.25, 0.3) is 0 Å². The van der Waals surface area contributed by atoms with Crippen LogP contribution in [0.3, 0.4) is 0 Å². The number of hydrogen-bond acceptors (Lipinski definition) is 2. The Balaban J connectivity index is 1.41. The Morgan fingerprint density at radius 2 is 1.88 bits per heavy atom. The largest absolute Gasteiger partial charge is 0.490 e. The van der Waals surface area contributed by atoms with Crippen molar-refractivity contribution in [3.63, 3.8) is 0 Å². The Morgan fingerprint density at radius 3 is 2.60 bits per heavy atom. The van der Waals surface area contributed by atoms with Crippen molar-refractivity contribution in [2.75, 3.05) is 7.05 Å². The van der Waals surface area contributed by atoms with Gasteiger partial charge < -0.3 is 15.4 Å². The van der Waals surface area contributed by atoms with Gasteiger partial charge in [-0.1, -0.05) is 30.3 Å². The number of hydrogen-bond donors (Lipinski definition) is 2. The van der Waals surface area contributed by atoms with Crippen molar-refractivity contribution in [1.29, 1.82) is 0 Å². The van der Waals surface area contributed by atoms with E-state index in [-0.39, 0.29) is 6.10 Å². The summed E-state index contributed by atoms with van der Waals surface area (Å²) in [5.74, 6) is 1.92. The molecule has 1 heterocycles. The molecule has 1 aliphatic heterocycles. The molecule has 1 saturated carbocycles. The maximum Gasteiger partial charge on any atom is 0.191 e. The fraction of sp³-hybridized carbons (Fsp3) is 0.381. The van der Waals surface area contributed by atoms with Gasteiger partial charge in [0.1, 0.15) is 11.9 Å². The summed E-state index contributed by atoms with van der Waals surface area (Å²) < 4.78 is 5.79. The van der Waals surface area contributed by atoms with E-state index in [0.717, 1.165) is 24.7 Å². The van der Waals surface area contributed by atoms with Gasteiger partial charge in [-0.25, -0.2) is 0 Å². The molecule has 4 nitrogen and oxygen atoms in total. The summed E-state index contributed by atoms with van der Waals surface area (Å²) in [6, 6.07) is 15.8. The van der Waals surface area contributed by atoms with Gasteiger partial charge in [-0.05, 0) is 54.2 Å². The number of benzene rings is 2. The smallest absolute Gasteiger partial charge is 0.191 e. The summed E-state index contributed by atoms with van der Waals surface area (Å²) in [7, 11) is 1.82. The molecule has 1 atom stereocenters. The Labute approximate surface area is 149 Å². The van der Waals surface area contributed by atoms with Crippen molar-refractivity contribution in [2.45, 2.75) is 44.9 Å². The third-order valence-corrected chi connectivity index (χ3v) is 4.79. The van der Waals surface area contributed by atoms with Gasteiger partial charge in [0.2, 0.25) is 0 Å². The summed E-state index contributed by atoms with van der Waals surface area (Å²) in [4.78, 5) is 4.27. The Morgan fingerprint density at radius 1 is 1.12 bits per heavy atom. The average molecular weight is 335 g/mol. The molecule has 2 N–H and O–H groups in total. The van der Waals surface area contributed by atoms with E-state index < -0.39 is 0 Å². The van der Waals surface area contributed by atoms with Gasteiger partial charge >= 0.3 is 0 Å². The van der Waals surface area contributed by atoms with Crippen molar-refractivity contribution in [2.24, 2.45) is 4.99 Å². The van der Waals surface area contributed by atoms with E-state index in [4.69, 9.17) is 4.74 Å². The Hall–Kier alpha value is -2.49. The molecule has 0 saturated heterocycles. The zero-order chi connectivity index (χ0) is 17.2. The first-order valence-corrected chi connectivity index (χ1v) is 9.07. The molecule has 2 aromatic carbocycles. The highest BCUT2D eigenvalue weighted by molar-refractivity contribution is 5.80. The molecule has 2 aliphatic rings. The number of nitrogens with one attached hydrogen (secondary N) is 2. The molecule has 1 fully saturated rings. The maximum absolute atomic E-state index is 5.79. The van der Waals surface area contributed by atoms with Crippen LogP contribution in [0.2, 0.25) is 0 Å². The van der Waals surface area contributed by atoms with E-state index in [2.05, 4.69) is 65.0 Å². The summed E-state index contributed by atoms with van der Waals surface area (Å²) in [6.07, 6.45) is 3.79. The third kappa shape index (κ3) is 3.78. The topological polar surface area (TPSA) is 45.7 Å². The molecule has 1 aliphatic carbocycles. The summed E-state index contributed by atoms with van der Waals surface area (Å²) in [5, 5.41) is 6.78. The van der Waals surface area contributed by atoms with E-state index in [1.54, 1.807) is 0 Å². The number of rotatable bonds is 4. The lowest BCUT2D eigenvalue weighted by molar-refractivity contribution is 0.254. The molecular weight excluding hydrogens is 310 g/mol. The highest BCUT2D eigenvalue weighted by Gasteiger charge is 2.22. The average Bonchev–Trinajstić information content (AvgIpc) is 3.37. The zero-order valence-electron chi connectivity index (χ0n) is 14.9. The second-order valence-corrected chi connectivity index (χ2v) is 7.00. The number of aliphatic imine (C=N–C) groups is 1. The number of nitrogens with zero attached hydrogens (tertiary/aromatic N) is 1. The van der Waals surface area contributed by atoms with Crippen molar-refractivity contribution in [3.8, 4) is 16.9 Å². The molecule has 0 aromatic heterocycles. The van der Waals surface area contributed by atoms with Crippen LogP contribution in [0.5, 0.6) is 5.75 Å². The minimum absolute atomic E-state index is 0.289. The van der Waals surface area contributed by atoms with Crippen molar-refractivity contribution >= 4 is 5.96 Å². The molecule has 0 spiro atoms. The third-order valence-electron chi connectivity index (χ3n) is 4.79. The van der Waals surface area contributed by atoms with Crippen LogP contribution in [0, 0.1) is 0 Å². The molecular formula is C21H25N3O. The lowest BCUT2D eigenvalue weighted by Crippen LogP contribution is -2.38. The van der Waals surface area contributed by atoms with Gasteiger partial charge in [-0.15, -0.1) is 0 Å². The first kappa shape index (κ1) is 16.0. The number of fused-ring (bicyclic) bond motifs is 1. The monoisotopic (exact) mass is 335 g/mol. The zero-order valence-corrected chi connectivity index (χ0v) is 14.9. The van der Waals surface area contributed by atoms with Crippen LogP contribution < -0.4 is 15.4 Å². The van der Waals surface area contributed by atoms with Gasteiger partial charge in [0, 0.05) is 26.1 Å². The summed E-state index contributed by atoms with van der Waals surface area (Å²) in [6.45, 7) is 2.90. The van der Waals surface area contributed by atoms with E-state index in [0.29, 0.717) is 6.04 Å². The fourth-order valence-corrected chi connectivity index (χ4v) is 3.22. The first-order valence-electron chi connectivity index (χ1n) is 9.07. The van der Waals surface area contributed by atoms with Crippen LogP contribution in [0.25, 0.3) is 11.1 Å². The quantitative estimate of drug-likeness (QED) is 0.664. The molecule has 4 rings (SSSR count). The SMILES string of the molecule is CN=C(NCc1ccc(-c2ccc3c(c2)CC(C)O3)cc1)NC1CC1. The fourth-order valence-electron chi connectivity index (χ4n) is 3.22. The van der Waals surface area contributed by atoms with Crippen LogP contribution in [0.4, 0.5) is 0 Å². The van der Waals surface area contributed by atoms with Crippen LogP contribution in [-0.2, 0) is 13.0 Å². The van der Waals surface area contributed by atoms with E-state index in [9.17, 15) is 0 Å². The minimum Gasteiger partial charge on any atom is -0.490 e. The van der Waals surface area contributed by atoms with Crippen molar-refractivity contribution < 1.29 is 4.74 Å². The summed E-state index contributed by atoms with van der Waals surface area (Å²) >= 11 is 0. The first-order chi connectivity index (χ1) is 12.2. The molecule has 0 bridgehead atoms. The Kier molecular flexibility index (Phi) is 4.35. The van der Waals surface area contributed by atoms with Gasteiger partial charge in [-0.2, -0.15) is 0 Å². The maximum atomic E-state index is 5.79. The second-order valence-electron chi connectivity index (χ2n) is 7.00. The molecule has 25 heavy (non-hydrogen) atoms. The normalized spacial score (nSPS) is 19.3. The second kappa shape index (κ2) is 6.79. The van der Waals surface area contributed by atoms with Gasteiger partial charge in [-0.3, -0.25) is 4.99 Å². The van der Waals surface area contributed by atoms with E-state index in [1.165, 1.54) is 35.1 Å². The number of guanidine groups is 1. The predicted octanol–water partition coefficient (Wildman–Crippen LogP) is 3.50. The highest BCUT2D eigenvalue weighted by atomic mass is 16.5. The standard InChI is InChI=1S/C21H25N3O/c1-14-11-18-12-17(7-10-20(18)25-14)16-5-3-15(4-6-16)13-23-21(22-2)24-19-8-9-19/h3-7,10,12,14,19H,8-9,11,13H2,1-2H3,(H2,22,23,24). The minimum atomic E-state index is 0.289. The molecule has 1 unspecified atom stereocenters. The molecule has 0 amide bonds. The van der Waals surface area contributed by atoms with Crippen molar-refractivity contribution in [3.05, 3.63) is 53.6 Å². The van der Waals surface area contributed by atoms with Gasteiger partial charge in [0.15, 0.2) is 5.96 Å². The highest BCUT2D eigenvalue weighted by Crippen LogP contribution is 2.32. The van der Waals surface area contributed by atoms with E-state index in [1.807, 2.05) is 7.05 Å². The van der Waals surface area contributed by atoms with Crippen LogP contribution >= 0.6 is 0 Å². The lowest BCUT2D eigenvalue weighted by Gasteiger charge is -2.11. The summed E-state index contributed by atoms with van der Waals surface area (Å²) in [5.41, 5.74) is 5.06.